The monoisotopic (exact) mass is 372 g/mol. The molecule has 7 nitrogen and oxygen atoms in total. The van der Waals surface area contributed by atoms with Crippen molar-refractivity contribution in [2.24, 2.45) is 5.92 Å². The number of imidazole rings is 1. The Kier molecular flexibility index (Phi) is 5.06. The number of hydrogen-bond acceptors (Lipinski definition) is 5. The zero-order valence-corrected chi connectivity index (χ0v) is 16.1. The van der Waals surface area contributed by atoms with Crippen molar-refractivity contribution >= 4 is 5.91 Å². The van der Waals surface area contributed by atoms with E-state index in [1.807, 2.05) is 18.5 Å². The van der Waals surface area contributed by atoms with Gasteiger partial charge in [-0.3, -0.25) is 9.69 Å². The number of furan rings is 1. The molecule has 2 aliphatic heterocycles. The number of piperidine rings is 1. The predicted molar refractivity (Wildman–Crippen MR) is 99.8 cm³/mol. The van der Waals surface area contributed by atoms with Gasteiger partial charge in [-0.25, -0.2) is 4.98 Å². The van der Waals surface area contributed by atoms with Crippen molar-refractivity contribution in [3.8, 4) is 0 Å². The summed E-state index contributed by atoms with van der Waals surface area (Å²) in [5.41, 5.74) is 0.706. The van der Waals surface area contributed by atoms with E-state index in [0.717, 1.165) is 38.3 Å². The Balaban J connectivity index is 1.46. The Morgan fingerprint density at radius 1 is 1.41 bits per heavy atom. The minimum Gasteiger partial charge on any atom is -0.472 e. The first-order valence-corrected chi connectivity index (χ1v) is 9.76. The predicted octanol–water partition coefficient (Wildman–Crippen LogP) is 2.14. The number of carbonyl (C=O) groups is 1. The van der Waals surface area contributed by atoms with Crippen LogP contribution in [0.3, 0.4) is 0 Å². The minimum absolute atomic E-state index is 0.0248. The van der Waals surface area contributed by atoms with Crippen molar-refractivity contribution in [3.05, 3.63) is 42.4 Å². The molecule has 1 atom stereocenters. The highest BCUT2D eigenvalue weighted by atomic mass is 16.5. The average Bonchev–Trinajstić information content (AvgIpc) is 3.33. The van der Waals surface area contributed by atoms with Gasteiger partial charge in [0.1, 0.15) is 11.4 Å². The van der Waals surface area contributed by atoms with Crippen LogP contribution in [0, 0.1) is 5.92 Å². The van der Waals surface area contributed by atoms with Crippen LogP contribution in [0.5, 0.6) is 0 Å². The Morgan fingerprint density at radius 3 is 2.93 bits per heavy atom. The smallest absolute Gasteiger partial charge is 0.251 e. The molecule has 4 rings (SSSR count). The first-order chi connectivity index (χ1) is 13.1. The third-order valence-corrected chi connectivity index (χ3v) is 5.48. The van der Waals surface area contributed by atoms with Gasteiger partial charge in [0.05, 0.1) is 19.1 Å². The first kappa shape index (κ1) is 18.3. The van der Waals surface area contributed by atoms with Crippen LogP contribution in [0.15, 0.2) is 35.4 Å². The maximum Gasteiger partial charge on any atom is 0.251 e. The van der Waals surface area contributed by atoms with Crippen molar-refractivity contribution in [2.45, 2.75) is 51.5 Å². The van der Waals surface area contributed by atoms with Gasteiger partial charge in [-0.05, 0) is 24.8 Å². The molecule has 1 fully saturated rings. The largest absolute Gasteiger partial charge is 0.472 e. The van der Waals surface area contributed by atoms with Crippen molar-refractivity contribution in [1.82, 2.24) is 19.8 Å². The molecule has 0 saturated carbocycles. The number of nitrogens with one attached hydrogen (secondary N) is 1. The molecule has 4 heterocycles. The van der Waals surface area contributed by atoms with E-state index in [4.69, 9.17) is 9.15 Å². The molecule has 1 N–H and O–H groups in total. The molecule has 146 valence electrons. The summed E-state index contributed by atoms with van der Waals surface area (Å²) >= 11 is 0. The van der Waals surface area contributed by atoms with Gasteiger partial charge in [0.2, 0.25) is 0 Å². The number of amides is 1. The zero-order valence-electron chi connectivity index (χ0n) is 16.1. The van der Waals surface area contributed by atoms with Crippen LogP contribution in [0.1, 0.15) is 38.1 Å². The summed E-state index contributed by atoms with van der Waals surface area (Å²) < 4.78 is 13.7. The van der Waals surface area contributed by atoms with Crippen molar-refractivity contribution < 1.29 is 13.9 Å². The Labute approximate surface area is 159 Å². The number of rotatable bonds is 5. The van der Waals surface area contributed by atoms with Gasteiger partial charge in [-0.15, -0.1) is 0 Å². The van der Waals surface area contributed by atoms with Crippen molar-refractivity contribution in [1.29, 1.82) is 0 Å². The SMILES string of the molecule is CC(C)CNC(=O)[C@H]1Cn2ccnc2C2(CCN(Cc3ccoc3)CC2)O1. The summed E-state index contributed by atoms with van der Waals surface area (Å²) in [6, 6.07) is 2.00. The van der Waals surface area contributed by atoms with Gasteiger partial charge in [-0.2, -0.15) is 0 Å². The Hall–Kier alpha value is -2.12. The van der Waals surface area contributed by atoms with Crippen molar-refractivity contribution in [2.75, 3.05) is 19.6 Å². The third kappa shape index (κ3) is 3.80. The molecule has 7 heteroatoms. The number of likely N-dealkylation sites (tertiary alicyclic amines) is 1. The van der Waals surface area contributed by atoms with Crippen LogP contribution in [0.2, 0.25) is 0 Å². The summed E-state index contributed by atoms with van der Waals surface area (Å²) in [5.74, 6) is 1.35. The fourth-order valence-corrected chi connectivity index (χ4v) is 4.01. The van der Waals surface area contributed by atoms with Gasteiger partial charge in [0.15, 0.2) is 6.10 Å². The molecule has 0 bridgehead atoms. The topological polar surface area (TPSA) is 72.5 Å². The van der Waals surface area contributed by atoms with Gasteiger partial charge >= 0.3 is 0 Å². The van der Waals surface area contributed by atoms with Gasteiger partial charge in [0.25, 0.3) is 5.91 Å². The van der Waals surface area contributed by atoms with Crippen LogP contribution in [0.25, 0.3) is 0 Å². The molecule has 1 amide bonds. The third-order valence-electron chi connectivity index (χ3n) is 5.48. The van der Waals surface area contributed by atoms with Crippen LogP contribution in [0.4, 0.5) is 0 Å². The number of carbonyl (C=O) groups excluding carboxylic acids is 1. The summed E-state index contributed by atoms with van der Waals surface area (Å²) in [4.78, 5) is 19.6. The molecule has 0 unspecified atom stereocenters. The first-order valence-electron chi connectivity index (χ1n) is 9.76. The summed E-state index contributed by atoms with van der Waals surface area (Å²) in [5, 5.41) is 3.02. The van der Waals surface area contributed by atoms with E-state index in [1.165, 1.54) is 5.56 Å². The van der Waals surface area contributed by atoms with Crippen LogP contribution in [-0.4, -0.2) is 46.1 Å². The number of nitrogens with zero attached hydrogens (tertiary/aromatic N) is 3. The molecule has 1 saturated heterocycles. The highest BCUT2D eigenvalue weighted by Gasteiger charge is 2.47. The lowest BCUT2D eigenvalue weighted by Crippen LogP contribution is -2.54. The number of aromatic nitrogens is 2. The van der Waals surface area contributed by atoms with E-state index in [2.05, 4.69) is 33.6 Å². The van der Waals surface area contributed by atoms with E-state index < -0.39 is 11.7 Å². The highest BCUT2D eigenvalue weighted by molar-refractivity contribution is 5.80. The molecule has 0 radical (unpaired) electrons. The van der Waals surface area contributed by atoms with Gasteiger partial charge in [0, 0.05) is 44.1 Å². The molecule has 0 aromatic carbocycles. The number of ether oxygens (including phenoxy) is 1. The lowest BCUT2D eigenvalue weighted by molar-refractivity contribution is -0.174. The zero-order chi connectivity index (χ0) is 18.9. The summed E-state index contributed by atoms with van der Waals surface area (Å²) in [7, 11) is 0. The maximum absolute atomic E-state index is 12.6. The standard InChI is InChI=1S/C20H28N4O3/c1-15(2)11-22-18(25)17-13-24-9-6-21-19(24)20(27-17)4-7-23(8-5-20)12-16-3-10-26-14-16/h3,6,9-10,14-15,17H,4-5,7-8,11-13H2,1-2H3,(H,22,25)/t17-/m1/s1. The van der Waals surface area contributed by atoms with E-state index in [9.17, 15) is 4.79 Å². The normalized spacial score (nSPS) is 22.1. The Morgan fingerprint density at radius 2 is 2.22 bits per heavy atom. The van der Waals surface area contributed by atoms with Gasteiger partial charge < -0.3 is 19.0 Å². The lowest BCUT2D eigenvalue weighted by Gasteiger charge is -2.45. The minimum atomic E-state index is -0.478. The summed E-state index contributed by atoms with van der Waals surface area (Å²) in [6.07, 6.45) is 8.47. The molecular weight excluding hydrogens is 344 g/mol. The van der Waals surface area contributed by atoms with Gasteiger partial charge in [-0.1, -0.05) is 13.8 Å². The van der Waals surface area contributed by atoms with E-state index in [0.29, 0.717) is 19.0 Å². The summed E-state index contributed by atoms with van der Waals surface area (Å²) in [6.45, 7) is 8.05. The second-order valence-electron chi connectivity index (χ2n) is 8.05. The second kappa shape index (κ2) is 7.48. The quantitative estimate of drug-likeness (QED) is 0.871. The molecule has 2 aromatic heterocycles. The Bertz CT molecular complexity index is 760. The lowest BCUT2D eigenvalue weighted by atomic mass is 9.88. The second-order valence-corrected chi connectivity index (χ2v) is 8.05. The fourth-order valence-electron chi connectivity index (χ4n) is 4.01. The maximum atomic E-state index is 12.6. The van der Waals surface area contributed by atoms with Crippen molar-refractivity contribution in [3.63, 3.8) is 0 Å². The molecule has 2 aromatic rings. The molecule has 0 aliphatic carbocycles. The molecule has 1 spiro atoms. The van der Waals surface area contributed by atoms with Crippen LogP contribution < -0.4 is 5.32 Å². The van der Waals surface area contributed by atoms with Crippen LogP contribution >= 0.6 is 0 Å². The molecule has 27 heavy (non-hydrogen) atoms. The fraction of sp³-hybridized carbons (Fsp3) is 0.600. The highest BCUT2D eigenvalue weighted by Crippen LogP contribution is 2.40. The average molecular weight is 372 g/mol. The van der Waals surface area contributed by atoms with E-state index >= 15 is 0 Å². The number of hydrogen-bond donors (Lipinski definition) is 1. The van der Waals surface area contributed by atoms with Crippen LogP contribution in [-0.2, 0) is 28.2 Å². The van der Waals surface area contributed by atoms with E-state index in [-0.39, 0.29) is 5.91 Å². The van der Waals surface area contributed by atoms with E-state index in [1.54, 1.807) is 12.5 Å². The molecule has 2 aliphatic rings. The number of fused-ring (bicyclic) bond motifs is 2. The molecular formula is C20H28N4O3.